The van der Waals surface area contributed by atoms with Crippen molar-refractivity contribution in [3.8, 4) is 11.5 Å². The number of Topliss-reactive ketones (excluding diaryl/α,β-unsaturated/α-hetero) is 1. The number of hydrogen-bond donors (Lipinski definition) is 0. The highest BCUT2D eigenvalue weighted by atomic mass is 16.5. The van der Waals surface area contributed by atoms with Crippen molar-refractivity contribution in [1.82, 2.24) is 9.97 Å². The number of ketones is 1. The number of nitrogens with zero attached hydrogens (tertiary/aromatic N) is 2. The molecule has 0 saturated heterocycles. The molecular weight excluding hydrogens is 344 g/mol. The minimum absolute atomic E-state index is 0.284. The molecule has 0 aliphatic rings. The summed E-state index contributed by atoms with van der Waals surface area (Å²) in [6.07, 6.45) is 3.02. The first kappa shape index (κ1) is 16.7. The lowest BCUT2D eigenvalue weighted by Crippen LogP contribution is -2.15. The van der Waals surface area contributed by atoms with Crippen molar-refractivity contribution in [2.45, 2.75) is 0 Å². The van der Waals surface area contributed by atoms with Gasteiger partial charge in [0, 0.05) is 18.0 Å². The number of rotatable bonds is 5. The summed E-state index contributed by atoms with van der Waals surface area (Å²) < 4.78 is 10.9. The zero-order chi connectivity index (χ0) is 18.6. The maximum atomic E-state index is 12.5. The smallest absolute Gasteiger partial charge is 0.339 e. The second-order valence-electron chi connectivity index (χ2n) is 5.77. The van der Waals surface area contributed by atoms with Crippen LogP contribution in [0.25, 0.3) is 22.6 Å². The Hall–Kier alpha value is -3.80. The van der Waals surface area contributed by atoms with Crippen LogP contribution in [-0.2, 0) is 4.74 Å². The summed E-state index contributed by atoms with van der Waals surface area (Å²) in [4.78, 5) is 32.9. The summed E-state index contributed by atoms with van der Waals surface area (Å²) in [6.45, 7) is -0.356. The van der Waals surface area contributed by atoms with Crippen molar-refractivity contribution < 1.29 is 18.7 Å². The van der Waals surface area contributed by atoms with Crippen LogP contribution in [-0.4, -0.2) is 28.3 Å². The van der Waals surface area contributed by atoms with Gasteiger partial charge in [-0.2, -0.15) is 0 Å². The molecule has 4 rings (SSSR count). The molecule has 0 N–H and O–H groups in total. The number of pyridine rings is 1. The van der Waals surface area contributed by atoms with E-state index in [-0.39, 0.29) is 18.0 Å². The highest BCUT2D eigenvalue weighted by molar-refractivity contribution is 6.01. The van der Waals surface area contributed by atoms with Gasteiger partial charge in [0.2, 0.25) is 5.89 Å². The standard InChI is InChI=1S/C21H14N2O4/c24-18(14-9-11-22-12-10-14)13-26-21(25)16-6-2-1-5-15(16)20-23-17-7-3-4-8-19(17)27-20/h1-12H,13H2. The summed E-state index contributed by atoms with van der Waals surface area (Å²) in [6, 6.07) is 17.3. The lowest BCUT2D eigenvalue weighted by molar-refractivity contribution is 0.0475. The molecule has 0 aliphatic heterocycles. The van der Waals surface area contributed by atoms with E-state index in [0.717, 1.165) is 0 Å². The van der Waals surface area contributed by atoms with Crippen LogP contribution in [0, 0.1) is 0 Å². The largest absolute Gasteiger partial charge is 0.454 e. The second-order valence-corrected chi connectivity index (χ2v) is 5.77. The topological polar surface area (TPSA) is 82.3 Å². The Morgan fingerprint density at radius 3 is 2.48 bits per heavy atom. The first-order valence-corrected chi connectivity index (χ1v) is 8.28. The van der Waals surface area contributed by atoms with Crippen LogP contribution in [0.15, 0.2) is 77.5 Å². The quantitative estimate of drug-likeness (QED) is 0.397. The zero-order valence-electron chi connectivity index (χ0n) is 14.2. The molecule has 2 aromatic heterocycles. The fraction of sp³-hybridized carbons (Fsp3) is 0.0476. The number of aromatic nitrogens is 2. The van der Waals surface area contributed by atoms with Gasteiger partial charge in [-0.05, 0) is 36.4 Å². The van der Waals surface area contributed by atoms with Crippen molar-refractivity contribution in [1.29, 1.82) is 0 Å². The molecule has 0 aliphatic carbocycles. The van der Waals surface area contributed by atoms with E-state index in [1.807, 2.05) is 18.2 Å². The van der Waals surface area contributed by atoms with E-state index in [1.165, 1.54) is 12.4 Å². The van der Waals surface area contributed by atoms with Gasteiger partial charge >= 0.3 is 5.97 Å². The third-order valence-electron chi connectivity index (χ3n) is 4.01. The Labute approximate surface area is 154 Å². The van der Waals surface area contributed by atoms with Crippen LogP contribution in [0.4, 0.5) is 0 Å². The molecule has 2 heterocycles. The predicted molar refractivity (Wildman–Crippen MR) is 98.3 cm³/mol. The summed E-state index contributed by atoms with van der Waals surface area (Å²) >= 11 is 0. The average Bonchev–Trinajstić information content (AvgIpc) is 3.16. The maximum absolute atomic E-state index is 12.5. The molecule has 6 nitrogen and oxygen atoms in total. The molecule has 0 fully saturated rings. The number of esters is 1. The molecule has 0 radical (unpaired) electrons. The number of para-hydroxylation sites is 2. The van der Waals surface area contributed by atoms with E-state index >= 15 is 0 Å². The molecule has 2 aromatic carbocycles. The van der Waals surface area contributed by atoms with E-state index < -0.39 is 5.97 Å². The second kappa shape index (κ2) is 7.21. The molecule has 0 unspecified atom stereocenters. The highest BCUT2D eigenvalue weighted by Gasteiger charge is 2.19. The van der Waals surface area contributed by atoms with Gasteiger partial charge in [0.15, 0.2) is 18.0 Å². The van der Waals surface area contributed by atoms with Crippen LogP contribution < -0.4 is 0 Å². The van der Waals surface area contributed by atoms with Gasteiger partial charge in [-0.25, -0.2) is 9.78 Å². The number of ether oxygens (including phenoxy) is 1. The molecule has 27 heavy (non-hydrogen) atoms. The van der Waals surface area contributed by atoms with Crippen LogP contribution >= 0.6 is 0 Å². The Kier molecular flexibility index (Phi) is 4.45. The number of carbonyl (C=O) groups is 2. The van der Waals surface area contributed by atoms with Crippen molar-refractivity contribution >= 4 is 22.9 Å². The van der Waals surface area contributed by atoms with E-state index in [9.17, 15) is 9.59 Å². The van der Waals surface area contributed by atoms with Crippen molar-refractivity contribution in [2.75, 3.05) is 6.61 Å². The van der Waals surface area contributed by atoms with Gasteiger partial charge in [0.25, 0.3) is 0 Å². The minimum atomic E-state index is -0.615. The summed E-state index contributed by atoms with van der Waals surface area (Å²) in [5.41, 5.74) is 2.55. The number of hydrogen-bond acceptors (Lipinski definition) is 6. The molecule has 0 bridgehead atoms. The van der Waals surface area contributed by atoms with Crippen LogP contribution in [0.2, 0.25) is 0 Å². The third-order valence-corrected chi connectivity index (χ3v) is 4.01. The SMILES string of the molecule is O=C(COC(=O)c1ccccc1-c1nc2ccccc2o1)c1ccncc1. The van der Waals surface area contributed by atoms with Crippen molar-refractivity contribution in [2.24, 2.45) is 0 Å². The van der Waals surface area contributed by atoms with Gasteiger partial charge in [-0.3, -0.25) is 9.78 Å². The predicted octanol–water partition coefficient (Wildman–Crippen LogP) is 3.93. The third kappa shape index (κ3) is 3.46. The Balaban J connectivity index is 1.57. The van der Waals surface area contributed by atoms with Gasteiger partial charge < -0.3 is 9.15 Å². The number of benzene rings is 2. The highest BCUT2D eigenvalue weighted by Crippen LogP contribution is 2.27. The first-order valence-electron chi connectivity index (χ1n) is 8.28. The van der Waals surface area contributed by atoms with Gasteiger partial charge in [0.05, 0.1) is 11.1 Å². The molecule has 132 valence electrons. The molecule has 0 atom stereocenters. The van der Waals surface area contributed by atoms with Crippen LogP contribution in [0.5, 0.6) is 0 Å². The molecule has 6 heteroatoms. The summed E-state index contributed by atoms with van der Waals surface area (Å²) in [7, 11) is 0. The van der Waals surface area contributed by atoms with E-state index in [0.29, 0.717) is 28.1 Å². The molecule has 0 spiro atoms. The van der Waals surface area contributed by atoms with Crippen molar-refractivity contribution in [3.63, 3.8) is 0 Å². The van der Waals surface area contributed by atoms with E-state index in [1.54, 1.807) is 42.5 Å². The van der Waals surface area contributed by atoms with E-state index in [4.69, 9.17) is 9.15 Å². The fourth-order valence-corrected chi connectivity index (χ4v) is 2.67. The lowest BCUT2D eigenvalue weighted by atomic mass is 10.1. The summed E-state index contributed by atoms with van der Waals surface area (Å²) in [5, 5.41) is 0. The lowest BCUT2D eigenvalue weighted by Gasteiger charge is -2.07. The van der Waals surface area contributed by atoms with Gasteiger partial charge in [0.1, 0.15) is 5.52 Å². The normalized spacial score (nSPS) is 10.7. The van der Waals surface area contributed by atoms with Crippen LogP contribution in [0.1, 0.15) is 20.7 Å². The van der Waals surface area contributed by atoms with E-state index in [2.05, 4.69) is 9.97 Å². The number of carbonyl (C=O) groups excluding carboxylic acids is 2. The Bertz CT molecular complexity index is 1090. The van der Waals surface area contributed by atoms with Gasteiger partial charge in [-0.15, -0.1) is 0 Å². The molecule has 0 amide bonds. The minimum Gasteiger partial charge on any atom is -0.454 e. The van der Waals surface area contributed by atoms with Gasteiger partial charge in [-0.1, -0.05) is 24.3 Å². The molecule has 0 saturated carbocycles. The monoisotopic (exact) mass is 358 g/mol. The zero-order valence-corrected chi connectivity index (χ0v) is 14.2. The molecular formula is C21H14N2O4. The maximum Gasteiger partial charge on any atom is 0.339 e. The van der Waals surface area contributed by atoms with Crippen molar-refractivity contribution in [3.05, 3.63) is 84.2 Å². The first-order chi connectivity index (χ1) is 13.2. The Morgan fingerprint density at radius 1 is 0.926 bits per heavy atom. The van der Waals surface area contributed by atoms with Crippen LogP contribution in [0.3, 0.4) is 0 Å². The molecule has 4 aromatic rings. The average molecular weight is 358 g/mol. The Morgan fingerprint density at radius 2 is 1.67 bits per heavy atom. The fourth-order valence-electron chi connectivity index (χ4n) is 2.67. The number of oxazole rings is 1. The number of fused-ring (bicyclic) bond motifs is 1. The summed E-state index contributed by atoms with van der Waals surface area (Å²) in [5.74, 6) is -0.593.